The number of hydrogen-bond acceptors (Lipinski definition) is 3. The van der Waals surface area contributed by atoms with Gasteiger partial charge in [0.05, 0.1) is 25.4 Å². The molecule has 1 aliphatic rings. The largest absolute Gasteiger partial charge is 0.496 e. The molecule has 0 bridgehead atoms. The van der Waals surface area contributed by atoms with Gasteiger partial charge >= 0.3 is 0 Å². The smallest absolute Gasteiger partial charge is 0.111 e. The van der Waals surface area contributed by atoms with Crippen LogP contribution in [0.15, 0.2) is 11.8 Å². The lowest BCUT2D eigenvalue weighted by atomic mass is 10.2. The molecule has 1 rings (SSSR count). The van der Waals surface area contributed by atoms with E-state index in [1.807, 2.05) is 20.9 Å². The van der Waals surface area contributed by atoms with E-state index in [4.69, 9.17) is 9.47 Å². The lowest BCUT2D eigenvalue weighted by Crippen LogP contribution is -2.33. The molecule has 0 radical (unpaired) electrons. The lowest BCUT2D eigenvalue weighted by Gasteiger charge is -2.18. The number of likely N-dealkylation sites (N-methyl/N-ethyl adjacent to an activating group) is 1. The third-order valence-electron chi connectivity index (χ3n) is 2.02. The molecule has 3 nitrogen and oxygen atoms in total. The molecule has 1 atom stereocenters. The van der Waals surface area contributed by atoms with Crippen molar-refractivity contribution in [1.82, 2.24) is 5.32 Å². The fourth-order valence-electron chi connectivity index (χ4n) is 1.28. The van der Waals surface area contributed by atoms with E-state index in [1.165, 1.54) is 0 Å². The Balaban J connectivity index is 2.33. The van der Waals surface area contributed by atoms with Crippen molar-refractivity contribution in [3.8, 4) is 0 Å². The van der Waals surface area contributed by atoms with E-state index in [1.54, 1.807) is 0 Å². The second-order valence-corrected chi connectivity index (χ2v) is 3.47. The highest BCUT2D eigenvalue weighted by Gasteiger charge is 2.17. The molecular weight excluding hydrogens is 166 g/mol. The first-order chi connectivity index (χ1) is 6.24. The summed E-state index contributed by atoms with van der Waals surface area (Å²) in [5.41, 5.74) is 0. The molecule has 0 amide bonds. The van der Waals surface area contributed by atoms with Crippen molar-refractivity contribution in [3.63, 3.8) is 0 Å². The van der Waals surface area contributed by atoms with Crippen molar-refractivity contribution in [1.29, 1.82) is 0 Å². The van der Waals surface area contributed by atoms with Gasteiger partial charge in [-0.3, -0.25) is 0 Å². The molecular formula is C10H19NO2. The van der Waals surface area contributed by atoms with Crippen molar-refractivity contribution in [2.24, 2.45) is 0 Å². The number of rotatable bonds is 5. The van der Waals surface area contributed by atoms with Crippen molar-refractivity contribution < 1.29 is 9.47 Å². The van der Waals surface area contributed by atoms with Crippen molar-refractivity contribution in [3.05, 3.63) is 11.8 Å². The predicted molar refractivity (Wildman–Crippen MR) is 52.6 cm³/mol. The molecule has 0 fully saturated rings. The SMILES string of the molecule is CNC(COC(C)C)C1=CCCO1. The van der Waals surface area contributed by atoms with Crippen molar-refractivity contribution >= 4 is 0 Å². The second kappa shape index (κ2) is 5.25. The van der Waals surface area contributed by atoms with E-state index >= 15 is 0 Å². The first-order valence-electron chi connectivity index (χ1n) is 4.85. The minimum absolute atomic E-state index is 0.213. The summed E-state index contributed by atoms with van der Waals surface area (Å²) in [5, 5.41) is 3.18. The zero-order valence-electron chi connectivity index (χ0n) is 8.67. The third kappa shape index (κ3) is 3.36. The summed E-state index contributed by atoms with van der Waals surface area (Å²) < 4.78 is 11.0. The summed E-state index contributed by atoms with van der Waals surface area (Å²) >= 11 is 0. The van der Waals surface area contributed by atoms with Crippen LogP contribution in [0.25, 0.3) is 0 Å². The summed E-state index contributed by atoms with van der Waals surface area (Å²) in [4.78, 5) is 0. The first kappa shape index (κ1) is 10.5. The molecule has 0 aromatic rings. The van der Waals surface area contributed by atoms with Crippen LogP contribution < -0.4 is 5.32 Å². The van der Waals surface area contributed by atoms with Crippen LogP contribution in [0, 0.1) is 0 Å². The fraction of sp³-hybridized carbons (Fsp3) is 0.800. The van der Waals surface area contributed by atoms with Crippen LogP contribution in [0.4, 0.5) is 0 Å². The third-order valence-corrected chi connectivity index (χ3v) is 2.02. The van der Waals surface area contributed by atoms with Gasteiger partial charge in [0, 0.05) is 6.42 Å². The summed E-state index contributed by atoms with van der Waals surface area (Å²) in [7, 11) is 1.93. The van der Waals surface area contributed by atoms with E-state index in [-0.39, 0.29) is 12.1 Å². The fourth-order valence-corrected chi connectivity index (χ4v) is 1.28. The molecule has 0 saturated carbocycles. The van der Waals surface area contributed by atoms with Gasteiger partial charge < -0.3 is 14.8 Å². The molecule has 1 aliphatic heterocycles. The molecule has 76 valence electrons. The minimum Gasteiger partial charge on any atom is -0.496 e. The van der Waals surface area contributed by atoms with E-state index in [9.17, 15) is 0 Å². The molecule has 1 heterocycles. The zero-order chi connectivity index (χ0) is 9.68. The zero-order valence-corrected chi connectivity index (χ0v) is 8.67. The Labute approximate surface area is 80.1 Å². The van der Waals surface area contributed by atoms with Gasteiger partial charge in [0.15, 0.2) is 0 Å². The molecule has 13 heavy (non-hydrogen) atoms. The lowest BCUT2D eigenvalue weighted by molar-refractivity contribution is 0.0570. The van der Waals surface area contributed by atoms with Gasteiger partial charge in [0.25, 0.3) is 0 Å². The Morgan fingerprint density at radius 3 is 2.85 bits per heavy atom. The van der Waals surface area contributed by atoms with Gasteiger partial charge in [-0.2, -0.15) is 0 Å². The normalized spacial score (nSPS) is 18.6. The number of ether oxygens (including phenoxy) is 2. The van der Waals surface area contributed by atoms with E-state index < -0.39 is 0 Å². The number of hydrogen-bond donors (Lipinski definition) is 1. The van der Waals surface area contributed by atoms with E-state index in [0.29, 0.717) is 6.61 Å². The maximum atomic E-state index is 5.52. The van der Waals surface area contributed by atoms with Crippen LogP contribution >= 0.6 is 0 Å². The van der Waals surface area contributed by atoms with Crippen LogP contribution in [-0.4, -0.2) is 32.4 Å². The summed E-state index contributed by atoms with van der Waals surface area (Å²) in [5.74, 6) is 1.03. The minimum atomic E-state index is 0.213. The summed E-state index contributed by atoms with van der Waals surface area (Å²) in [6.07, 6.45) is 3.43. The van der Waals surface area contributed by atoms with Gasteiger partial charge in [-0.15, -0.1) is 0 Å². The van der Waals surface area contributed by atoms with Crippen LogP contribution in [-0.2, 0) is 9.47 Å². The molecule has 0 aliphatic carbocycles. The molecule has 0 saturated heterocycles. The average Bonchev–Trinajstić information content (AvgIpc) is 2.58. The molecule has 0 aromatic heterocycles. The maximum absolute atomic E-state index is 5.52. The summed E-state index contributed by atoms with van der Waals surface area (Å²) in [6, 6.07) is 0.213. The monoisotopic (exact) mass is 185 g/mol. The Morgan fingerprint density at radius 1 is 1.62 bits per heavy atom. The van der Waals surface area contributed by atoms with Gasteiger partial charge in [0.1, 0.15) is 5.76 Å². The van der Waals surface area contributed by atoms with Crippen LogP contribution in [0.3, 0.4) is 0 Å². The van der Waals surface area contributed by atoms with E-state index in [0.717, 1.165) is 18.8 Å². The van der Waals surface area contributed by atoms with Crippen LogP contribution in [0.2, 0.25) is 0 Å². The Kier molecular flexibility index (Phi) is 4.25. The van der Waals surface area contributed by atoms with Gasteiger partial charge in [0.2, 0.25) is 0 Å². The first-order valence-corrected chi connectivity index (χ1v) is 4.85. The Bertz CT molecular complexity index is 178. The van der Waals surface area contributed by atoms with Crippen LogP contribution in [0.5, 0.6) is 0 Å². The molecule has 0 spiro atoms. The molecule has 0 aromatic carbocycles. The maximum Gasteiger partial charge on any atom is 0.111 e. The van der Waals surface area contributed by atoms with Gasteiger partial charge in [-0.25, -0.2) is 0 Å². The second-order valence-electron chi connectivity index (χ2n) is 3.47. The quantitative estimate of drug-likeness (QED) is 0.700. The molecule has 1 N–H and O–H groups in total. The van der Waals surface area contributed by atoms with Crippen molar-refractivity contribution in [2.45, 2.75) is 32.4 Å². The standard InChI is InChI=1S/C10H19NO2/c1-8(2)13-7-9(11-3)10-5-4-6-12-10/h5,8-9,11H,4,6-7H2,1-3H3. The summed E-state index contributed by atoms with van der Waals surface area (Å²) in [6.45, 7) is 5.57. The Morgan fingerprint density at radius 2 is 2.38 bits per heavy atom. The molecule has 3 heteroatoms. The van der Waals surface area contributed by atoms with Crippen molar-refractivity contribution in [2.75, 3.05) is 20.3 Å². The predicted octanol–water partition coefficient (Wildman–Crippen LogP) is 1.30. The topological polar surface area (TPSA) is 30.5 Å². The highest BCUT2D eigenvalue weighted by atomic mass is 16.5. The van der Waals surface area contributed by atoms with Gasteiger partial charge in [-0.1, -0.05) is 0 Å². The Hall–Kier alpha value is -0.540. The highest BCUT2D eigenvalue weighted by Crippen LogP contribution is 2.13. The molecule has 1 unspecified atom stereocenters. The highest BCUT2D eigenvalue weighted by molar-refractivity contribution is 5.06. The average molecular weight is 185 g/mol. The van der Waals surface area contributed by atoms with Gasteiger partial charge in [-0.05, 0) is 27.0 Å². The van der Waals surface area contributed by atoms with E-state index in [2.05, 4.69) is 11.4 Å². The van der Waals surface area contributed by atoms with Crippen LogP contribution in [0.1, 0.15) is 20.3 Å². The number of nitrogens with one attached hydrogen (secondary N) is 1.